The number of aromatic amines is 1. The third kappa shape index (κ3) is 6.77. The summed E-state index contributed by atoms with van der Waals surface area (Å²) in [6, 6.07) is 17.5. The number of amides is 2. The first-order valence-electron chi connectivity index (χ1n) is 14.0. The summed E-state index contributed by atoms with van der Waals surface area (Å²) in [5.74, 6) is 1.45. The van der Waals surface area contributed by atoms with Crippen LogP contribution in [0.25, 0.3) is 6.08 Å². The molecule has 0 saturated heterocycles. The number of H-pyrrole nitrogens is 1. The van der Waals surface area contributed by atoms with E-state index < -0.39 is 18.6 Å². The van der Waals surface area contributed by atoms with Crippen LogP contribution in [0.15, 0.2) is 66.9 Å². The molecule has 0 bridgehead atoms. The lowest BCUT2D eigenvalue weighted by molar-refractivity contribution is -0.124. The van der Waals surface area contributed by atoms with E-state index in [0.717, 1.165) is 35.3 Å². The van der Waals surface area contributed by atoms with Crippen molar-refractivity contribution in [3.05, 3.63) is 106 Å². The molecule has 0 saturated carbocycles. The molecule has 2 aromatic heterocycles. The van der Waals surface area contributed by atoms with Crippen LogP contribution in [0.1, 0.15) is 64.9 Å². The predicted molar refractivity (Wildman–Crippen MR) is 159 cm³/mol. The number of carbonyl (C=O) groups is 2. The molecule has 2 heterocycles. The van der Waals surface area contributed by atoms with E-state index in [1.54, 1.807) is 7.11 Å². The average molecular weight is 569 g/mol. The molecule has 10 heteroatoms. The second-order valence-corrected chi connectivity index (χ2v) is 10.5. The molecule has 4 aromatic rings. The highest BCUT2D eigenvalue weighted by atomic mass is 16.5. The van der Waals surface area contributed by atoms with Crippen molar-refractivity contribution < 1.29 is 19.4 Å². The molecule has 0 radical (unpaired) electrons. The highest BCUT2D eigenvalue weighted by Crippen LogP contribution is 2.35. The molecular weight excluding hydrogens is 532 g/mol. The van der Waals surface area contributed by atoms with Crippen molar-refractivity contribution in [3.8, 4) is 5.75 Å². The maximum Gasteiger partial charge on any atom is 0.246 e. The summed E-state index contributed by atoms with van der Waals surface area (Å²) in [4.78, 5) is 27.7. The van der Waals surface area contributed by atoms with Gasteiger partial charge in [-0.2, -0.15) is 0 Å². The van der Waals surface area contributed by atoms with Crippen molar-refractivity contribution in [1.82, 2.24) is 30.4 Å². The van der Waals surface area contributed by atoms with Crippen LogP contribution in [-0.4, -0.2) is 50.4 Å². The molecule has 42 heavy (non-hydrogen) atoms. The van der Waals surface area contributed by atoms with Gasteiger partial charge in [0.25, 0.3) is 0 Å². The number of methoxy groups -OCH3 is 1. The normalized spacial score (nSPS) is 14.7. The minimum absolute atomic E-state index is 0.183. The van der Waals surface area contributed by atoms with Crippen molar-refractivity contribution >= 4 is 17.9 Å². The van der Waals surface area contributed by atoms with E-state index in [4.69, 9.17) is 4.74 Å². The maximum absolute atomic E-state index is 12.5. The molecule has 0 spiro atoms. The molecule has 5 rings (SSSR count). The number of ether oxygens (including phenoxy) is 1. The largest absolute Gasteiger partial charge is 0.497 e. The Bertz CT molecular complexity index is 1540. The lowest BCUT2D eigenvalue weighted by Gasteiger charge is -2.22. The minimum Gasteiger partial charge on any atom is -0.497 e. The molecule has 10 nitrogen and oxygen atoms in total. The summed E-state index contributed by atoms with van der Waals surface area (Å²) < 4.78 is 7.21. The van der Waals surface area contributed by atoms with Gasteiger partial charge in [-0.05, 0) is 47.2 Å². The topological polar surface area (TPSA) is 134 Å². The number of aromatic nitrogens is 4. The number of nitrogens with zero attached hydrogens (tertiary/aromatic N) is 3. The Morgan fingerprint density at radius 2 is 1.90 bits per heavy atom. The van der Waals surface area contributed by atoms with Gasteiger partial charge in [-0.15, -0.1) is 10.2 Å². The van der Waals surface area contributed by atoms with Gasteiger partial charge < -0.3 is 30.0 Å². The molecule has 218 valence electrons. The number of nitrogens with one attached hydrogen (secondary N) is 3. The van der Waals surface area contributed by atoms with E-state index in [1.165, 1.54) is 18.2 Å². The van der Waals surface area contributed by atoms with Gasteiger partial charge in [0.1, 0.15) is 12.4 Å². The SMILES string of the molecule is COc1ccc(Cn2c(CNC(C)=O)nnc2[C@@H](Cc2c[nH]c3c2C=CCC3Cc2ccccc2)NC(=O)CO)cc1. The average Bonchev–Trinajstić information content (AvgIpc) is 3.61. The minimum atomic E-state index is -0.647. The van der Waals surface area contributed by atoms with Crippen molar-refractivity contribution in [2.24, 2.45) is 0 Å². The highest BCUT2D eigenvalue weighted by molar-refractivity contribution is 5.77. The van der Waals surface area contributed by atoms with E-state index in [1.807, 2.05) is 41.1 Å². The summed E-state index contributed by atoms with van der Waals surface area (Å²) in [5, 5.41) is 24.2. The third-order valence-corrected chi connectivity index (χ3v) is 7.54. The van der Waals surface area contributed by atoms with Crippen LogP contribution in [0, 0.1) is 0 Å². The molecule has 1 unspecified atom stereocenters. The number of rotatable bonds is 12. The lowest BCUT2D eigenvalue weighted by Crippen LogP contribution is -2.34. The summed E-state index contributed by atoms with van der Waals surface area (Å²) in [6.45, 7) is 1.40. The molecule has 0 fully saturated rings. The Morgan fingerprint density at radius 3 is 2.62 bits per heavy atom. The molecule has 2 amide bonds. The second-order valence-electron chi connectivity index (χ2n) is 10.5. The number of hydrogen-bond acceptors (Lipinski definition) is 6. The van der Waals surface area contributed by atoms with E-state index in [9.17, 15) is 14.7 Å². The second kappa shape index (κ2) is 13.3. The summed E-state index contributed by atoms with van der Waals surface area (Å²) in [5.41, 5.74) is 5.58. The van der Waals surface area contributed by atoms with E-state index in [0.29, 0.717) is 30.5 Å². The molecule has 1 aliphatic rings. The lowest BCUT2D eigenvalue weighted by atomic mass is 9.86. The summed E-state index contributed by atoms with van der Waals surface area (Å²) in [6.07, 6.45) is 8.63. The fourth-order valence-electron chi connectivity index (χ4n) is 5.44. The zero-order valence-electron chi connectivity index (χ0n) is 23.8. The number of aliphatic hydroxyl groups is 1. The Labute approximate surface area is 244 Å². The van der Waals surface area contributed by atoms with Gasteiger partial charge in [-0.1, -0.05) is 54.6 Å². The smallest absolute Gasteiger partial charge is 0.246 e. The molecule has 1 aliphatic carbocycles. The van der Waals surface area contributed by atoms with Gasteiger partial charge >= 0.3 is 0 Å². The number of aliphatic hydroxyl groups excluding tert-OH is 1. The van der Waals surface area contributed by atoms with Gasteiger partial charge in [0, 0.05) is 31.2 Å². The summed E-state index contributed by atoms with van der Waals surface area (Å²) >= 11 is 0. The van der Waals surface area contributed by atoms with Gasteiger partial charge in [-0.3, -0.25) is 9.59 Å². The van der Waals surface area contributed by atoms with Crippen molar-refractivity contribution in [2.75, 3.05) is 13.7 Å². The Balaban J connectivity index is 1.47. The number of fused-ring (bicyclic) bond motifs is 1. The van der Waals surface area contributed by atoms with E-state index >= 15 is 0 Å². The van der Waals surface area contributed by atoms with Gasteiger partial charge in [-0.25, -0.2) is 0 Å². The molecular formula is C32H36N6O4. The zero-order valence-corrected chi connectivity index (χ0v) is 23.8. The Hall–Kier alpha value is -4.70. The number of carbonyl (C=O) groups excluding carboxylic acids is 2. The molecule has 2 aromatic carbocycles. The van der Waals surface area contributed by atoms with Crippen LogP contribution >= 0.6 is 0 Å². The van der Waals surface area contributed by atoms with Crippen LogP contribution in [0.5, 0.6) is 5.75 Å². The van der Waals surface area contributed by atoms with Crippen molar-refractivity contribution in [3.63, 3.8) is 0 Å². The Kier molecular flexibility index (Phi) is 9.13. The monoisotopic (exact) mass is 568 g/mol. The van der Waals surface area contributed by atoms with E-state index in [2.05, 4.69) is 62.2 Å². The van der Waals surface area contributed by atoms with Crippen LogP contribution in [0.2, 0.25) is 0 Å². The van der Waals surface area contributed by atoms with Gasteiger partial charge in [0.2, 0.25) is 11.8 Å². The number of benzene rings is 2. The summed E-state index contributed by atoms with van der Waals surface area (Å²) in [7, 11) is 1.62. The third-order valence-electron chi connectivity index (χ3n) is 7.54. The van der Waals surface area contributed by atoms with Crippen LogP contribution < -0.4 is 15.4 Å². The van der Waals surface area contributed by atoms with Crippen LogP contribution in [-0.2, 0) is 35.5 Å². The number of allylic oxidation sites excluding steroid dienone is 1. The predicted octanol–water partition coefficient (Wildman–Crippen LogP) is 3.43. The van der Waals surface area contributed by atoms with Gasteiger partial charge in [0.15, 0.2) is 11.6 Å². The first-order valence-corrected chi connectivity index (χ1v) is 14.0. The Morgan fingerprint density at radius 1 is 1.12 bits per heavy atom. The molecule has 0 aliphatic heterocycles. The zero-order chi connectivity index (χ0) is 29.5. The van der Waals surface area contributed by atoms with Crippen LogP contribution in [0.3, 0.4) is 0 Å². The first-order chi connectivity index (χ1) is 20.4. The van der Waals surface area contributed by atoms with Gasteiger partial charge in [0.05, 0.1) is 26.2 Å². The standard InChI is InChI=1S/C32H36N6O4/c1-21(40)33-18-29-36-37-32(38(29)19-23-11-13-26(42-2)14-12-23)28(35-30(41)20-39)16-25-17-34-31-24(9-6-10-27(25)31)15-22-7-4-3-5-8-22/h3-8,10-14,17,24,28,34,39H,9,15-16,18-20H2,1-2H3,(H,33,40)(H,35,41)/t24?,28-/m1/s1. The maximum atomic E-state index is 12.5. The van der Waals surface area contributed by atoms with Crippen molar-refractivity contribution in [2.45, 2.75) is 51.2 Å². The number of hydrogen-bond donors (Lipinski definition) is 4. The van der Waals surface area contributed by atoms with Crippen molar-refractivity contribution in [1.29, 1.82) is 0 Å². The first kappa shape index (κ1) is 28.8. The highest BCUT2D eigenvalue weighted by Gasteiger charge is 2.27. The van der Waals surface area contributed by atoms with Crippen LogP contribution in [0.4, 0.5) is 0 Å². The fraction of sp³-hybridized carbons (Fsp3) is 0.312. The quantitative estimate of drug-likeness (QED) is 0.207. The molecule has 2 atom stereocenters. The van der Waals surface area contributed by atoms with E-state index in [-0.39, 0.29) is 12.5 Å². The molecule has 4 N–H and O–H groups in total. The fourth-order valence-corrected chi connectivity index (χ4v) is 5.44.